The molecule has 0 unspecified atom stereocenters. The second kappa shape index (κ2) is 4.38. The first-order chi connectivity index (χ1) is 9.19. The molecule has 3 rings (SSSR count). The first-order valence-corrected chi connectivity index (χ1v) is 6.74. The molecule has 0 aromatic rings. The van der Waals surface area contributed by atoms with Crippen molar-refractivity contribution < 1.29 is 33.6 Å². The smallest absolute Gasteiger partial charge is 0.338 e. The molecule has 3 saturated heterocycles. The Kier molecular flexibility index (Phi) is 3.11. The summed E-state index contributed by atoms with van der Waals surface area (Å²) in [6.45, 7) is 7.42. The molecule has 3 fully saturated rings. The minimum Gasteiger partial charge on any atom is -0.455 e. The van der Waals surface area contributed by atoms with Crippen LogP contribution in [0.4, 0.5) is 0 Å². The number of carbonyl (C=O) groups excluding carboxylic acids is 1. The van der Waals surface area contributed by atoms with Crippen LogP contribution in [0.5, 0.6) is 0 Å². The predicted molar refractivity (Wildman–Crippen MR) is 64.6 cm³/mol. The van der Waals surface area contributed by atoms with Gasteiger partial charge in [-0.2, -0.15) is 0 Å². The molecular weight excluding hydrogens is 268 g/mol. The van der Waals surface area contributed by atoms with Crippen LogP contribution in [0.1, 0.15) is 27.7 Å². The Hall–Kier alpha value is -0.730. The first-order valence-electron chi connectivity index (χ1n) is 6.74. The molecule has 114 valence electrons. The maximum Gasteiger partial charge on any atom is 0.338 e. The van der Waals surface area contributed by atoms with Crippen LogP contribution in [-0.4, -0.2) is 59.8 Å². The molecule has 0 aromatic heterocycles. The molecule has 3 aliphatic heterocycles. The van der Waals surface area contributed by atoms with E-state index in [0.717, 1.165) is 0 Å². The molecule has 20 heavy (non-hydrogen) atoms. The average Bonchev–Trinajstić information content (AvgIpc) is 2.81. The van der Waals surface area contributed by atoms with E-state index in [1.165, 1.54) is 0 Å². The van der Waals surface area contributed by atoms with Crippen molar-refractivity contribution >= 4 is 5.97 Å². The Morgan fingerprint density at radius 1 is 1.00 bits per heavy atom. The minimum atomic E-state index is -1.29. The van der Waals surface area contributed by atoms with Crippen LogP contribution in [0.25, 0.3) is 0 Å². The molecular formula is C13H20O7. The predicted octanol–water partition coefficient (Wildman–Crippen LogP) is -0.0557. The third-order valence-electron chi connectivity index (χ3n) is 3.69. The molecule has 0 saturated carbocycles. The van der Waals surface area contributed by atoms with E-state index < -0.39 is 42.0 Å². The Morgan fingerprint density at radius 3 is 2.25 bits per heavy atom. The molecule has 3 heterocycles. The molecule has 7 nitrogen and oxygen atoms in total. The summed E-state index contributed by atoms with van der Waals surface area (Å²) in [6.07, 6.45) is -3.64. The molecule has 3 aliphatic rings. The Bertz CT molecular complexity index is 419. The first kappa shape index (κ1) is 14.2. The molecule has 1 N–H and O–H groups in total. The number of rotatable bonds is 1. The van der Waals surface area contributed by atoms with Gasteiger partial charge in [0.2, 0.25) is 0 Å². The Balaban J connectivity index is 1.84. The van der Waals surface area contributed by atoms with Gasteiger partial charge in [0.05, 0.1) is 6.61 Å². The zero-order chi connectivity index (χ0) is 14.7. The van der Waals surface area contributed by atoms with Gasteiger partial charge in [-0.1, -0.05) is 0 Å². The van der Waals surface area contributed by atoms with Crippen LogP contribution in [0.2, 0.25) is 0 Å². The number of hydrogen-bond acceptors (Lipinski definition) is 7. The molecule has 0 aromatic carbocycles. The highest BCUT2D eigenvalue weighted by Gasteiger charge is 2.58. The number of aliphatic hydroxyl groups excluding tert-OH is 1. The average molecular weight is 288 g/mol. The van der Waals surface area contributed by atoms with Crippen LogP contribution < -0.4 is 0 Å². The van der Waals surface area contributed by atoms with Crippen LogP contribution in [0, 0.1) is 0 Å². The molecule has 0 radical (unpaired) electrons. The van der Waals surface area contributed by atoms with E-state index in [1.54, 1.807) is 13.8 Å². The van der Waals surface area contributed by atoms with Crippen molar-refractivity contribution in [1.29, 1.82) is 0 Å². The zero-order valence-corrected chi connectivity index (χ0v) is 12.0. The lowest BCUT2D eigenvalue weighted by Gasteiger charge is -2.43. The Morgan fingerprint density at radius 2 is 1.65 bits per heavy atom. The van der Waals surface area contributed by atoms with Gasteiger partial charge in [-0.05, 0) is 27.7 Å². The monoisotopic (exact) mass is 288 g/mol. The van der Waals surface area contributed by atoms with Crippen molar-refractivity contribution in [3.05, 3.63) is 0 Å². The second-order valence-electron chi connectivity index (χ2n) is 6.28. The summed E-state index contributed by atoms with van der Waals surface area (Å²) in [6, 6.07) is 0. The highest BCUT2D eigenvalue weighted by molar-refractivity contribution is 5.78. The topological polar surface area (TPSA) is 83.5 Å². The summed E-state index contributed by atoms with van der Waals surface area (Å²) in [5, 5.41) is 9.86. The Labute approximate surface area is 117 Å². The van der Waals surface area contributed by atoms with Crippen LogP contribution in [0.3, 0.4) is 0 Å². The highest BCUT2D eigenvalue weighted by atomic mass is 16.8. The van der Waals surface area contributed by atoms with Crippen molar-refractivity contribution in [3.8, 4) is 0 Å². The van der Waals surface area contributed by atoms with Crippen molar-refractivity contribution in [2.45, 2.75) is 69.8 Å². The van der Waals surface area contributed by atoms with Gasteiger partial charge in [0.25, 0.3) is 0 Å². The van der Waals surface area contributed by atoms with Crippen LogP contribution in [-0.2, 0) is 28.5 Å². The maximum atomic E-state index is 11.6. The van der Waals surface area contributed by atoms with E-state index in [2.05, 4.69) is 0 Å². The third-order valence-corrected chi connectivity index (χ3v) is 3.69. The fourth-order valence-electron chi connectivity index (χ4n) is 2.89. The highest BCUT2D eigenvalue weighted by Crippen LogP contribution is 2.39. The van der Waals surface area contributed by atoms with Crippen LogP contribution in [0.15, 0.2) is 0 Å². The van der Waals surface area contributed by atoms with Crippen molar-refractivity contribution in [1.82, 2.24) is 0 Å². The van der Waals surface area contributed by atoms with Gasteiger partial charge in [0.15, 0.2) is 23.8 Å². The fraction of sp³-hybridized carbons (Fsp3) is 0.923. The van der Waals surface area contributed by atoms with Gasteiger partial charge in [0, 0.05) is 0 Å². The zero-order valence-electron chi connectivity index (χ0n) is 12.0. The molecule has 0 spiro atoms. The van der Waals surface area contributed by atoms with Gasteiger partial charge in [-0.3, -0.25) is 0 Å². The number of esters is 1. The quantitative estimate of drug-likeness (QED) is 0.677. The molecule has 5 atom stereocenters. The lowest BCUT2D eigenvalue weighted by atomic mass is 9.99. The SMILES string of the molecule is CC1(C)O[C@@H]2[C@@H](OC(=O)[C@@H]2O)[C@@H]([C@@H]2COC(C)(C)O2)O1. The van der Waals surface area contributed by atoms with Gasteiger partial charge < -0.3 is 28.8 Å². The van der Waals surface area contributed by atoms with Crippen LogP contribution >= 0.6 is 0 Å². The minimum absolute atomic E-state index is 0.338. The summed E-state index contributed by atoms with van der Waals surface area (Å²) >= 11 is 0. The maximum absolute atomic E-state index is 11.6. The normalized spacial score (nSPS) is 46.0. The molecule has 0 bridgehead atoms. The summed E-state index contributed by atoms with van der Waals surface area (Å²) in [4.78, 5) is 11.6. The van der Waals surface area contributed by atoms with E-state index >= 15 is 0 Å². The van der Waals surface area contributed by atoms with Crippen molar-refractivity contribution in [3.63, 3.8) is 0 Å². The van der Waals surface area contributed by atoms with Gasteiger partial charge in [0.1, 0.15) is 18.3 Å². The molecule has 7 heteroatoms. The van der Waals surface area contributed by atoms with E-state index in [0.29, 0.717) is 6.61 Å². The van der Waals surface area contributed by atoms with Crippen molar-refractivity contribution in [2.75, 3.05) is 6.61 Å². The summed E-state index contributed by atoms with van der Waals surface area (Å²) in [5.74, 6) is -2.33. The number of carbonyl (C=O) groups is 1. The van der Waals surface area contributed by atoms with E-state index in [-0.39, 0.29) is 6.10 Å². The van der Waals surface area contributed by atoms with E-state index in [1.807, 2.05) is 13.8 Å². The lowest BCUT2D eigenvalue weighted by molar-refractivity contribution is -0.342. The lowest BCUT2D eigenvalue weighted by Crippen LogP contribution is -2.59. The summed E-state index contributed by atoms with van der Waals surface area (Å²) in [5.41, 5.74) is 0. The summed E-state index contributed by atoms with van der Waals surface area (Å²) in [7, 11) is 0. The van der Waals surface area contributed by atoms with Gasteiger partial charge >= 0.3 is 5.97 Å². The largest absolute Gasteiger partial charge is 0.455 e. The second-order valence-corrected chi connectivity index (χ2v) is 6.28. The van der Waals surface area contributed by atoms with E-state index in [4.69, 9.17) is 23.7 Å². The van der Waals surface area contributed by atoms with E-state index in [9.17, 15) is 9.90 Å². The van der Waals surface area contributed by atoms with Crippen molar-refractivity contribution in [2.24, 2.45) is 0 Å². The third kappa shape index (κ3) is 2.33. The molecule has 0 aliphatic carbocycles. The molecule has 0 amide bonds. The summed E-state index contributed by atoms with van der Waals surface area (Å²) < 4.78 is 28.0. The van der Waals surface area contributed by atoms with Gasteiger partial charge in [-0.25, -0.2) is 4.79 Å². The fourth-order valence-corrected chi connectivity index (χ4v) is 2.89. The van der Waals surface area contributed by atoms with Gasteiger partial charge in [-0.15, -0.1) is 0 Å². The number of aliphatic hydroxyl groups is 1. The number of ether oxygens (including phenoxy) is 5. The standard InChI is InChI=1S/C13H20O7/c1-12(2)16-5-6(18-12)8-10-9(7(14)11(15)17-10)20-13(3,4)19-8/h6-10,14H,5H2,1-4H3/t6-,7+,8+,9-,10-/m0/s1. The number of fused-ring (bicyclic) bond motifs is 1. The number of hydrogen-bond donors (Lipinski definition) is 1.